The van der Waals surface area contributed by atoms with Gasteiger partial charge in [0.15, 0.2) is 10.8 Å². The van der Waals surface area contributed by atoms with Gasteiger partial charge in [-0.3, -0.25) is 0 Å². The minimum atomic E-state index is -0.684. The van der Waals surface area contributed by atoms with Gasteiger partial charge in [0.1, 0.15) is 11.6 Å². The van der Waals surface area contributed by atoms with Gasteiger partial charge in [-0.1, -0.05) is 11.6 Å². The Morgan fingerprint density at radius 3 is 2.65 bits per heavy atom. The second-order valence-corrected chi connectivity index (χ2v) is 3.62. The summed E-state index contributed by atoms with van der Waals surface area (Å²) >= 11 is 5.81. The number of halogens is 1. The molecule has 0 aliphatic rings. The summed E-state index contributed by atoms with van der Waals surface area (Å²) in [6.45, 7) is 1.86. The lowest BCUT2D eigenvalue weighted by molar-refractivity contribution is 0.0519. The van der Waals surface area contributed by atoms with Crippen LogP contribution in [0.1, 0.15) is 23.0 Å². The van der Waals surface area contributed by atoms with Crippen molar-refractivity contribution < 1.29 is 9.53 Å². The maximum Gasteiger partial charge on any atom is 0.358 e. The van der Waals surface area contributed by atoms with Crippen molar-refractivity contribution in [1.29, 1.82) is 5.26 Å². The standard InChI is InChI=1S/C10H11ClN4O2/c1-4-17-9(16)7-6(5-12)8(11)14-10(13-7)15(2)3/h4H2,1-3H3. The first kappa shape index (κ1) is 13.2. The third kappa shape index (κ3) is 2.82. The number of anilines is 1. The minimum Gasteiger partial charge on any atom is -0.461 e. The number of nitrogens with zero attached hydrogens (tertiary/aromatic N) is 4. The van der Waals surface area contributed by atoms with E-state index in [1.54, 1.807) is 32.0 Å². The van der Waals surface area contributed by atoms with Gasteiger partial charge in [-0.05, 0) is 6.92 Å². The molecular formula is C10H11ClN4O2. The number of esters is 1. The number of nitriles is 1. The Hall–Kier alpha value is -1.87. The average Bonchev–Trinajstić information content (AvgIpc) is 2.28. The van der Waals surface area contributed by atoms with E-state index < -0.39 is 5.97 Å². The zero-order valence-electron chi connectivity index (χ0n) is 9.69. The predicted molar refractivity (Wildman–Crippen MR) is 62.0 cm³/mol. The molecule has 1 aromatic heterocycles. The van der Waals surface area contributed by atoms with Gasteiger partial charge in [0.2, 0.25) is 5.95 Å². The lowest BCUT2D eigenvalue weighted by Crippen LogP contribution is -2.18. The summed E-state index contributed by atoms with van der Waals surface area (Å²) in [5, 5.41) is 8.85. The zero-order valence-corrected chi connectivity index (χ0v) is 10.4. The SMILES string of the molecule is CCOC(=O)c1nc(N(C)C)nc(Cl)c1C#N. The minimum absolute atomic E-state index is 0.0609. The molecule has 0 aromatic carbocycles. The van der Waals surface area contributed by atoms with Gasteiger partial charge in [-0.2, -0.15) is 10.2 Å². The maximum absolute atomic E-state index is 11.6. The van der Waals surface area contributed by atoms with Crippen LogP contribution >= 0.6 is 11.6 Å². The lowest BCUT2D eigenvalue weighted by atomic mass is 10.2. The van der Waals surface area contributed by atoms with Crippen LogP contribution in [0, 0.1) is 11.3 Å². The Bertz CT molecular complexity index is 482. The van der Waals surface area contributed by atoms with Gasteiger partial charge in [0.25, 0.3) is 0 Å². The van der Waals surface area contributed by atoms with Crippen molar-refractivity contribution in [3.8, 4) is 6.07 Å². The van der Waals surface area contributed by atoms with E-state index >= 15 is 0 Å². The first-order chi connectivity index (χ1) is 8.01. The molecule has 0 radical (unpaired) electrons. The monoisotopic (exact) mass is 254 g/mol. The summed E-state index contributed by atoms with van der Waals surface area (Å²) in [6, 6.07) is 1.79. The highest BCUT2D eigenvalue weighted by atomic mass is 35.5. The first-order valence-corrected chi connectivity index (χ1v) is 5.21. The Kier molecular flexibility index (Phi) is 4.24. The first-order valence-electron chi connectivity index (χ1n) is 4.83. The molecule has 1 heterocycles. The fraction of sp³-hybridized carbons (Fsp3) is 0.400. The van der Waals surface area contributed by atoms with Crippen LogP contribution in [0.15, 0.2) is 0 Å². The second-order valence-electron chi connectivity index (χ2n) is 3.26. The third-order valence-corrected chi connectivity index (χ3v) is 2.11. The summed E-state index contributed by atoms with van der Waals surface area (Å²) in [5.74, 6) is -0.437. The van der Waals surface area contributed by atoms with Gasteiger partial charge in [-0.15, -0.1) is 0 Å². The van der Waals surface area contributed by atoms with Crippen LogP contribution in [0.4, 0.5) is 5.95 Å². The Labute approximate surface area is 104 Å². The van der Waals surface area contributed by atoms with E-state index in [0.29, 0.717) is 0 Å². The zero-order chi connectivity index (χ0) is 13.0. The Morgan fingerprint density at radius 2 is 2.18 bits per heavy atom. The van der Waals surface area contributed by atoms with E-state index in [4.69, 9.17) is 21.6 Å². The molecule has 1 aromatic rings. The van der Waals surface area contributed by atoms with Gasteiger partial charge >= 0.3 is 5.97 Å². The molecule has 17 heavy (non-hydrogen) atoms. The molecule has 1 rings (SSSR count). The van der Waals surface area contributed by atoms with Gasteiger partial charge in [-0.25, -0.2) is 9.78 Å². The summed E-state index contributed by atoms with van der Waals surface area (Å²) in [5.41, 5.74) is -0.186. The average molecular weight is 255 g/mol. The van der Waals surface area contributed by atoms with E-state index in [0.717, 1.165) is 0 Å². The molecule has 0 spiro atoms. The highest BCUT2D eigenvalue weighted by molar-refractivity contribution is 6.31. The van der Waals surface area contributed by atoms with E-state index in [1.165, 1.54) is 0 Å². The van der Waals surface area contributed by atoms with Crippen LogP contribution in [0.3, 0.4) is 0 Å². The van der Waals surface area contributed by atoms with Crippen molar-refractivity contribution in [3.63, 3.8) is 0 Å². The molecule has 0 bridgehead atoms. The van der Waals surface area contributed by atoms with Crippen molar-refractivity contribution in [2.75, 3.05) is 25.6 Å². The lowest BCUT2D eigenvalue weighted by Gasteiger charge is -2.12. The molecular weight excluding hydrogens is 244 g/mol. The summed E-state index contributed by atoms with van der Waals surface area (Å²) < 4.78 is 4.80. The number of aromatic nitrogens is 2. The highest BCUT2D eigenvalue weighted by Gasteiger charge is 2.20. The van der Waals surface area contributed by atoms with Crippen molar-refractivity contribution in [2.24, 2.45) is 0 Å². The molecule has 0 N–H and O–H groups in total. The third-order valence-electron chi connectivity index (χ3n) is 1.83. The fourth-order valence-corrected chi connectivity index (χ4v) is 1.28. The maximum atomic E-state index is 11.6. The molecule has 0 aliphatic heterocycles. The smallest absolute Gasteiger partial charge is 0.358 e. The summed E-state index contributed by atoms with van der Waals surface area (Å²) in [7, 11) is 3.40. The van der Waals surface area contributed by atoms with E-state index in [2.05, 4.69) is 9.97 Å². The van der Waals surface area contributed by atoms with Crippen LogP contribution in [-0.4, -0.2) is 36.6 Å². The van der Waals surface area contributed by atoms with Crippen LogP contribution in [-0.2, 0) is 4.74 Å². The molecule has 0 aliphatic carbocycles. The molecule has 90 valence electrons. The Morgan fingerprint density at radius 1 is 1.53 bits per heavy atom. The second kappa shape index (κ2) is 5.46. The number of carbonyl (C=O) groups excluding carboxylic acids is 1. The van der Waals surface area contributed by atoms with Crippen molar-refractivity contribution in [1.82, 2.24) is 9.97 Å². The summed E-state index contributed by atoms with van der Waals surface area (Å²) in [4.78, 5) is 21.0. The molecule has 0 saturated heterocycles. The van der Waals surface area contributed by atoms with Crippen LogP contribution in [0.2, 0.25) is 5.15 Å². The van der Waals surface area contributed by atoms with E-state index in [9.17, 15) is 4.79 Å². The molecule has 0 amide bonds. The van der Waals surface area contributed by atoms with Gasteiger partial charge in [0.05, 0.1) is 6.61 Å². The van der Waals surface area contributed by atoms with E-state index in [-0.39, 0.29) is 29.0 Å². The van der Waals surface area contributed by atoms with Crippen molar-refractivity contribution >= 4 is 23.5 Å². The fourth-order valence-electron chi connectivity index (χ4n) is 1.07. The molecule has 6 nitrogen and oxygen atoms in total. The largest absolute Gasteiger partial charge is 0.461 e. The molecule has 0 saturated carbocycles. The van der Waals surface area contributed by atoms with Crippen molar-refractivity contribution in [3.05, 3.63) is 16.4 Å². The molecule has 7 heteroatoms. The van der Waals surface area contributed by atoms with Gasteiger partial charge in [0, 0.05) is 14.1 Å². The topological polar surface area (TPSA) is 79.1 Å². The number of ether oxygens (including phenoxy) is 1. The number of rotatable bonds is 3. The van der Waals surface area contributed by atoms with Crippen molar-refractivity contribution in [2.45, 2.75) is 6.92 Å². The molecule has 0 fully saturated rings. The molecule has 0 unspecified atom stereocenters. The van der Waals surface area contributed by atoms with Crippen LogP contribution < -0.4 is 4.90 Å². The van der Waals surface area contributed by atoms with Crippen LogP contribution in [0.5, 0.6) is 0 Å². The quantitative estimate of drug-likeness (QED) is 0.597. The normalized spacial score (nSPS) is 9.59. The number of hydrogen-bond acceptors (Lipinski definition) is 6. The van der Waals surface area contributed by atoms with Crippen LogP contribution in [0.25, 0.3) is 0 Å². The number of carbonyl (C=O) groups is 1. The number of hydrogen-bond donors (Lipinski definition) is 0. The Balaban J connectivity index is 3.35. The highest BCUT2D eigenvalue weighted by Crippen LogP contribution is 2.19. The molecule has 0 atom stereocenters. The van der Waals surface area contributed by atoms with E-state index in [1.807, 2.05) is 0 Å². The predicted octanol–water partition coefficient (Wildman–Crippen LogP) is 1.24. The summed E-state index contributed by atoms with van der Waals surface area (Å²) in [6.07, 6.45) is 0. The van der Waals surface area contributed by atoms with Gasteiger partial charge < -0.3 is 9.64 Å².